The van der Waals surface area contributed by atoms with E-state index in [0.717, 1.165) is 45.0 Å². The van der Waals surface area contributed by atoms with Crippen molar-refractivity contribution in [2.24, 2.45) is 0 Å². The molecule has 25 heavy (non-hydrogen) atoms. The molecule has 0 aliphatic carbocycles. The third-order valence-corrected chi connectivity index (χ3v) is 4.39. The van der Waals surface area contributed by atoms with Gasteiger partial charge >= 0.3 is 0 Å². The number of ether oxygens (including phenoxy) is 1. The molecule has 2 rings (SSSR count). The summed E-state index contributed by atoms with van der Waals surface area (Å²) < 4.78 is 5.31. The van der Waals surface area contributed by atoms with Crippen LogP contribution in [0.3, 0.4) is 0 Å². The molecule has 2 amide bonds. The number of hydrogen-bond donors (Lipinski definition) is 1. The van der Waals surface area contributed by atoms with Gasteiger partial charge in [-0.3, -0.25) is 14.5 Å². The number of hydrogen-bond acceptors (Lipinski definition) is 4. The Labute approximate surface area is 150 Å². The van der Waals surface area contributed by atoms with Gasteiger partial charge in [0.05, 0.1) is 13.2 Å². The summed E-state index contributed by atoms with van der Waals surface area (Å²) in [5.41, 5.74) is 0.875. The quantitative estimate of drug-likeness (QED) is 0.690. The van der Waals surface area contributed by atoms with Crippen LogP contribution in [0.4, 0.5) is 5.69 Å². The van der Waals surface area contributed by atoms with Gasteiger partial charge < -0.3 is 15.0 Å². The predicted octanol–water partition coefficient (Wildman–Crippen LogP) is 1.66. The van der Waals surface area contributed by atoms with Crippen LogP contribution in [0.15, 0.2) is 30.3 Å². The number of carbonyl (C=O) groups is 2. The lowest BCUT2D eigenvalue weighted by Gasteiger charge is -2.26. The second kappa shape index (κ2) is 10.8. The molecule has 0 saturated carbocycles. The van der Waals surface area contributed by atoms with Crippen molar-refractivity contribution in [3.8, 4) is 0 Å². The lowest BCUT2D eigenvalue weighted by Crippen LogP contribution is -2.38. The van der Waals surface area contributed by atoms with Gasteiger partial charge in [0.25, 0.3) is 0 Å². The third kappa shape index (κ3) is 7.23. The second-order valence-electron chi connectivity index (χ2n) is 6.30. The van der Waals surface area contributed by atoms with Gasteiger partial charge in [-0.25, -0.2) is 0 Å². The number of rotatable bonds is 9. The summed E-state index contributed by atoms with van der Waals surface area (Å²) in [5.74, 6) is 0.0588. The minimum Gasteiger partial charge on any atom is -0.379 e. The highest BCUT2D eigenvalue weighted by Gasteiger charge is 2.12. The van der Waals surface area contributed by atoms with Crippen molar-refractivity contribution in [1.82, 2.24) is 10.2 Å². The normalized spacial score (nSPS) is 14.9. The van der Waals surface area contributed by atoms with E-state index in [9.17, 15) is 9.59 Å². The molecular formula is C19H29N3O3. The molecular weight excluding hydrogens is 318 g/mol. The molecule has 6 nitrogen and oxygen atoms in total. The Hall–Kier alpha value is -1.92. The van der Waals surface area contributed by atoms with E-state index in [-0.39, 0.29) is 11.8 Å². The zero-order valence-electron chi connectivity index (χ0n) is 15.1. The lowest BCUT2D eigenvalue weighted by atomic mass is 10.2. The van der Waals surface area contributed by atoms with Crippen LogP contribution in [0.5, 0.6) is 0 Å². The summed E-state index contributed by atoms with van der Waals surface area (Å²) in [6.07, 6.45) is 2.30. The minimum absolute atomic E-state index is 0.0251. The first-order valence-corrected chi connectivity index (χ1v) is 9.05. The molecule has 1 aromatic carbocycles. The van der Waals surface area contributed by atoms with E-state index in [1.807, 2.05) is 30.3 Å². The highest BCUT2D eigenvalue weighted by atomic mass is 16.5. The zero-order chi connectivity index (χ0) is 17.9. The molecule has 1 N–H and O–H groups in total. The van der Waals surface area contributed by atoms with E-state index in [1.54, 1.807) is 11.9 Å². The average molecular weight is 347 g/mol. The molecule has 1 aliphatic rings. The Balaban J connectivity index is 1.53. The topological polar surface area (TPSA) is 61.9 Å². The fourth-order valence-corrected chi connectivity index (χ4v) is 2.81. The van der Waals surface area contributed by atoms with Crippen molar-refractivity contribution < 1.29 is 14.3 Å². The van der Waals surface area contributed by atoms with Gasteiger partial charge in [0.2, 0.25) is 11.8 Å². The summed E-state index contributed by atoms with van der Waals surface area (Å²) in [6, 6.07) is 9.54. The molecule has 1 heterocycles. The van der Waals surface area contributed by atoms with E-state index < -0.39 is 0 Å². The maximum absolute atomic E-state index is 12.1. The van der Waals surface area contributed by atoms with Crippen molar-refractivity contribution in [3.63, 3.8) is 0 Å². The summed E-state index contributed by atoms with van der Waals surface area (Å²) in [5, 5.41) is 2.94. The zero-order valence-corrected chi connectivity index (χ0v) is 15.1. The summed E-state index contributed by atoms with van der Waals surface area (Å²) in [4.78, 5) is 28.0. The Kier molecular flexibility index (Phi) is 8.42. The molecule has 1 aromatic rings. The highest BCUT2D eigenvalue weighted by Crippen LogP contribution is 2.13. The molecule has 0 spiro atoms. The predicted molar refractivity (Wildman–Crippen MR) is 98.6 cm³/mol. The molecule has 138 valence electrons. The Morgan fingerprint density at radius 1 is 1.12 bits per heavy atom. The molecule has 1 fully saturated rings. The smallest absolute Gasteiger partial charge is 0.226 e. The molecule has 1 saturated heterocycles. The first kappa shape index (κ1) is 19.4. The molecule has 0 radical (unpaired) electrons. The molecule has 0 unspecified atom stereocenters. The fourth-order valence-electron chi connectivity index (χ4n) is 2.81. The highest BCUT2D eigenvalue weighted by molar-refractivity contribution is 5.92. The number of carbonyl (C=O) groups excluding carboxylic acids is 2. The second-order valence-corrected chi connectivity index (χ2v) is 6.30. The van der Waals surface area contributed by atoms with E-state index in [2.05, 4.69) is 10.2 Å². The van der Waals surface area contributed by atoms with E-state index >= 15 is 0 Å². The largest absolute Gasteiger partial charge is 0.379 e. The van der Waals surface area contributed by atoms with Gasteiger partial charge in [-0.1, -0.05) is 18.2 Å². The van der Waals surface area contributed by atoms with E-state index in [4.69, 9.17) is 4.74 Å². The van der Waals surface area contributed by atoms with Crippen LogP contribution in [0.1, 0.15) is 25.7 Å². The molecule has 6 heteroatoms. The van der Waals surface area contributed by atoms with Crippen molar-refractivity contribution >= 4 is 17.5 Å². The van der Waals surface area contributed by atoms with Gasteiger partial charge in [-0.05, 0) is 31.5 Å². The summed E-state index contributed by atoms with van der Waals surface area (Å²) in [7, 11) is 1.77. The molecule has 0 aromatic heterocycles. The third-order valence-electron chi connectivity index (χ3n) is 4.39. The number of benzene rings is 1. The number of amides is 2. The first-order valence-electron chi connectivity index (χ1n) is 9.05. The Morgan fingerprint density at radius 3 is 2.56 bits per heavy atom. The number of nitrogens with one attached hydrogen (secondary N) is 1. The van der Waals surface area contributed by atoms with Crippen LogP contribution in [0.2, 0.25) is 0 Å². The van der Waals surface area contributed by atoms with Crippen LogP contribution < -0.4 is 10.2 Å². The van der Waals surface area contributed by atoms with Crippen LogP contribution in [0, 0.1) is 0 Å². The monoisotopic (exact) mass is 347 g/mol. The van der Waals surface area contributed by atoms with Gasteiger partial charge in [-0.15, -0.1) is 0 Å². The number of para-hydroxylation sites is 1. The minimum atomic E-state index is 0.0251. The summed E-state index contributed by atoms with van der Waals surface area (Å²) >= 11 is 0. The Bertz CT molecular complexity index is 530. The molecule has 0 bridgehead atoms. The molecule has 0 atom stereocenters. The number of morpholine rings is 1. The number of anilines is 1. The standard InChI is InChI=1S/C19H29N3O3/c1-21(17-7-3-2-4-8-17)19(24)10-5-9-18(23)20-11-6-12-22-13-15-25-16-14-22/h2-4,7-8H,5-6,9-16H2,1H3,(H,20,23). The number of nitrogens with zero attached hydrogens (tertiary/aromatic N) is 2. The van der Waals surface area contributed by atoms with Crippen molar-refractivity contribution in [3.05, 3.63) is 30.3 Å². The van der Waals surface area contributed by atoms with Gasteiger partial charge in [-0.2, -0.15) is 0 Å². The molecule has 1 aliphatic heterocycles. The average Bonchev–Trinajstić information content (AvgIpc) is 2.66. The lowest BCUT2D eigenvalue weighted by molar-refractivity contribution is -0.121. The van der Waals surface area contributed by atoms with Crippen LogP contribution in [0.25, 0.3) is 0 Å². The van der Waals surface area contributed by atoms with Gasteiger partial charge in [0.1, 0.15) is 0 Å². The van der Waals surface area contributed by atoms with Gasteiger partial charge in [0.15, 0.2) is 0 Å². The van der Waals surface area contributed by atoms with Crippen molar-refractivity contribution in [2.75, 3.05) is 51.3 Å². The maximum Gasteiger partial charge on any atom is 0.226 e. The van der Waals surface area contributed by atoms with Crippen molar-refractivity contribution in [2.45, 2.75) is 25.7 Å². The summed E-state index contributed by atoms with van der Waals surface area (Å²) in [6.45, 7) is 5.24. The van der Waals surface area contributed by atoms with Crippen molar-refractivity contribution in [1.29, 1.82) is 0 Å². The fraction of sp³-hybridized carbons (Fsp3) is 0.579. The van der Waals surface area contributed by atoms with Crippen LogP contribution in [-0.2, 0) is 14.3 Å². The Morgan fingerprint density at radius 2 is 1.84 bits per heavy atom. The SMILES string of the molecule is CN(C(=O)CCCC(=O)NCCCN1CCOCC1)c1ccccc1. The van der Waals surface area contributed by atoms with Crippen LogP contribution >= 0.6 is 0 Å². The van der Waals surface area contributed by atoms with Crippen LogP contribution in [-0.4, -0.2) is 63.2 Å². The van der Waals surface area contributed by atoms with E-state index in [1.165, 1.54) is 0 Å². The van der Waals surface area contributed by atoms with E-state index in [0.29, 0.717) is 25.8 Å². The van der Waals surface area contributed by atoms with Gasteiger partial charge in [0, 0.05) is 45.2 Å². The maximum atomic E-state index is 12.1. The first-order chi connectivity index (χ1) is 12.2.